The number of ether oxygens (including phenoxy) is 1. The Morgan fingerprint density at radius 3 is 2.71 bits per heavy atom. The summed E-state index contributed by atoms with van der Waals surface area (Å²) in [5.41, 5.74) is 0.0517. The van der Waals surface area contributed by atoms with E-state index in [-0.39, 0.29) is 41.9 Å². The van der Waals surface area contributed by atoms with E-state index in [0.29, 0.717) is 0 Å². The molecule has 1 aliphatic carbocycles. The van der Waals surface area contributed by atoms with Gasteiger partial charge in [-0.1, -0.05) is 13.8 Å². The topological polar surface area (TPSA) is 50.4 Å². The quantitative estimate of drug-likeness (QED) is 0.810. The minimum atomic E-state index is -0.0117. The number of hydrogen-bond acceptors (Lipinski definition) is 4. The number of nitrogens with one attached hydrogen (secondary N) is 2. The monoisotopic (exact) mass is 280 g/mol. The molecule has 6 heteroatoms. The van der Waals surface area contributed by atoms with Crippen LogP contribution in [0.4, 0.5) is 0 Å². The lowest BCUT2D eigenvalue weighted by molar-refractivity contribution is -0.133. The summed E-state index contributed by atoms with van der Waals surface area (Å²) in [7, 11) is 1.74. The molecule has 17 heavy (non-hydrogen) atoms. The standard InChI is InChI=1S/C11H20N2O2S.ClH/c1-11(2)8(4-9(11)15-3)13-10(14)7-5-16-6-12-7;/h7-9,12H,4-6H2,1-3H3,(H,13,14);1H. The Morgan fingerprint density at radius 2 is 2.24 bits per heavy atom. The summed E-state index contributed by atoms with van der Waals surface area (Å²) in [6, 6.07) is 0.236. The molecule has 1 heterocycles. The zero-order chi connectivity index (χ0) is 11.8. The lowest BCUT2D eigenvalue weighted by Crippen LogP contribution is -2.63. The van der Waals surface area contributed by atoms with Gasteiger partial charge in [0.05, 0.1) is 12.1 Å². The third-order valence-electron chi connectivity index (χ3n) is 3.81. The number of halogens is 1. The van der Waals surface area contributed by atoms with Gasteiger partial charge in [-0.3, -0.25) is 10.1 Å². The van der Waals surface area contributed by atoms with Crippen molar-refractivity contribution in [2.24, 2.45) is 5.41 Å². The highest BCUT2D eigenvalue weighted by molar-refractivity contribution is 7.99. The van der Waals surface area contributed by atoms with Crippen LogP contribution in [0.5, 0.6) is 0 Å². The molecule has 1 saturated carbocycles. The fourth-order valence-corrected chi connectivity index (χ4v) is 3.31. The van der Waals surface area contributed by atoms with Crippen LogP contribution in [0.25, 0.3) is 0 Å². The first-order chi connectivity index (χ1) is 7.55. The van der Waals surface area contributed by atoms with Crippen LogP contribution >= 0.6 is 24.2 Å². The van der Waals surface area contributed by atoms with Crippen molar-refractivity contribution in [3.63, 3.8) is 0 Å². The van der Waals surface area contributed by atoms with E-state index in [0.717, 1.165) is 18.1 Å². The maximum atomic E-state index is 11.9. The number of carbonyl (C=O) groups is 1. The number of rotatable bonds is 3. The zero-order valence-corrected chi connectivity index (χ0v) is 12.1. The van der Waals surface area contributed by atoms with Crippen LogP contribution in [0.3, 0.4) is 0 Å². The first-order valence-corrected chi connectivity index (χ1v) is 6.85. The fraction of sp³-hybridized carbons (Fsp3) is 0.909. The van der Waals surface area contributed by atoms with Crippen LogP contribution in [0.1, 0.15) is 20.3 Å². The second-order valence-corrected chi connectivity index (χ2v) is 6.14. The SMILES string of the molecule is COC1CC(NC(=O)C2CSCN2)C1(C)C.Cl. The molecule has 1 aliphatic heterocycles. The molecule has 0 aromatic carbocycles. The lowest BCUT2D eigenvalue weighted by atomic mass is 9.64. The first kappa shape index (κ1) is 15.1. The van der Waals surface area contributed by atoms with Gasteiger partial charge in [-0.05, 0) is 6.42 Å². The molecule has 2 fully saturated rings. The van der Waals surface area contributed by atoms with Crippen LogP contribution in [0, 0.1) is 5.41 Å². The van der Waals surface area contributed by atoms with E-state index in [2.05, 4.69) is 24.5 Å². The summed E-state index contributed by atoms with van der Waals surface area (Å²) < 4.78 is 5.37. The Labute approximate surface area is 113 Å². The van der Waals surface area contributed by atoms with E-state index < -0.39 is 0 Å². The molecule has 2 rings (SSSR count). The summed E-state index contributed by atoms with van der Waals surface area (Å²) in [6.45, 7) is 4.29. The van der Waals surface area contributed by atoms with Gasteiger partial charge in [-0.25, -0.2) is 0 Å². The van der Waals surface area contributed by atoms with Gasteiger partial charge in [0.2, 0.25) is 5.91 Å². The fourth-order valence-electron chi connectivity index (χ4n) is 2.37. The maximum Gasteiger partial charge on any atom is 0.238 e. The molecule has 2 aliphatic rings. The number of hydrogen-bond donors (Lipinski definition) is 2. The highest BCUT2D eigenvalue weighted by Crippen LogP contribution is 2.42. The second kappa shape index (κ2) is 5.78. The number of thioether (sulfide) groups is 1. The number of methoxy groups -OCH3 is 1. The van der Waals surface area contributed by atoms with Gasteiger partial charge < -0.3 is 10.1 Å². The molecule has 0 aromatic heterocycles. The van der Waals surface area contributed by atoms with E-state index in [1.165, 1.54) is 0 Å². The van der Waals surface area contributed by atoms with Gasteiger partial charge >= 0.3 is 0 Å². The Balaban J connectivity index is 0.00000144. The normalized spacial score (nSPS) is 34.6. The van der Waals surface area contributed by atoms with Crippen LogP contribution in [0.2, 0.25) is 0 Å². The maximum absolute atomic E-state index is 11.9. The van der Waals surface area contributed by atoms with Crippen LogP contribution in [-0.2, 0) is 9.53 Å². The van der Waals surface area contributed by atoms with E-state index >= 15 is 0 Å². The smallest absolute Gasteiger partial charge is 0.238 e. The number of carbonyl (C=O) groups excluding carboxylic acids is 1. The molecule has 3 atom stereocenters. The number of amides is 1. The molecular formula is C11H21ClN2O2S. The molecule has 1 amide bonds. The molecule has 100 valence electrons. The summed E-state index contributed by atoms with van der Waals surface area (Å²) >= 11 is 1.77. The minimum Gasteiger partial charge on any atom is -0.381 e. The summed E-state index contributed by atoms with van der Waals surface area (Å²) in [4.78, 5) is 11.9. The van der Waals surface area contributed by atoms with Crippen molar-refractivity contribution in [1.29, 1.82) is 0 Å². The van der Waals surface area contributed by atoms with E-state index in [1.54, 1.807) is 18.9 Å². The molecule has 3 unspecified atom stereocenters. The lowest BCUT2D eigenvalue weighted by Gasteiger charge is -2.51. The Hall–Kier alpha value is 0.0300. The van der Waals surface area contributed by atoms with Gasteiger partial charge in [-0.2, -0.15) is 0 Å². The predicted octanol–water partition coefficient (Wildman–Crippen LogP) is 1.00. The third-order valence-corrected chi connectivity index (χ3v) is 4.75. The van der Waals surface area contributed by atoms with Gasteiger partial charge in [0.1, 0.15) is 0 Å². The van der Waals surface area contributed by atoms with Crippen molar-refractivity contribution in [2.45, 2.75) is 38.5 Å². The molecule has 0 spiro atoms. The van der Waals surface area contributed by atoms with Gasteiger partial charge in [0, 0.05) is 30.2 Å². The van der Waals surface area contributed by atoms with Crippen LogP contribution in [0.15, 0.2) is 0 Å². The Bertz CT molecular complexity index is 283. The molecule has 1 saturated heterocycles. The molecule has 0 bridgehead atoms. The van der Waals surface area contributed by atoms with Gasteiger partial charge in [0.15, 0.2) is 0 Å². The minimum absolute atomic E-state index is 0. The zero-order valence-electron chi connectivity index (χ0n) is 10.5. The Kier molecular flexibility index (Phi) is 5.13. The Morgan fingerprint density at radius 1 is 1.53 bits per heavy atom. The molecular weight excluding hydrogens is 260 g/mol. The highest BCUT2D eigenvalue weighted by atomic mass is 35.5. The van der Waals surface area contributed by atoms with Crippen LogP contribution in [-0.4, -0.2) is 42.8 Å². The van der Waals surface area contributed by atoms with E-state index in [1.807, 2.05) is 0 Å². The third kappa shape index (κ3) is 2.89. The van der Waals surface area contributed by atoms with Crippen molar-refractivity contribution in [3.8, 4) is 0 Å². The molecule has 4 nitrogen and oxygen atoms in total. The largest absolute Gasteiger partial charge is 0.381 e. The van der Waals surface area contributed by atoms with Crippen molar-refractivity contribution in [2.75, 3.05) is 18.7 Å². The first-order valence-electron chi connectivity index (χ1n) is 5.70. The molecule has 0 radical (unpaired) electrons. The predicted molar refractivity (Wildman–Crippen MR) is 72.6 cm³/mol. The van der Waals surface area contributed by atoms with Gasteiger partial charge in [-0.15, -0.1) is 24.2 Å². The van der Waals surface area contributed by atoms with Crippen molar-refractivity contribution < 1.29 is 9.53 Å². The summed E-state index contributed by atoms with van der Waals surface area (Å²) in [6.07, 6.45) is 1.19. The average molecular weight is 281 g/mol. The summed E-state index contributed by atoms with van der Waals surface area (Å²) in [5, 5.41) is 6.30. The van der Waals surface area contributed by atoms with Crippen molar-refractivity contribution >= 4 is 30.1 Å². The average Bonchev–Trinajstić information content (AvgIpc) is 2.76. The molecule has 0 aromatic rings. The van der Waals surface area contributed by atoms with E-state index in [4.69, 9.17) is 4.74 Å². The van der Waals surface area contributed by atoms with Crippen LogP contribution < -0.4 is 10.6 Å². The summed E-state index contributed by atoms with van der Waals surface area (Å²) in [5.74, 6) is 1.90. The van der Waals surface area contributed by atoms with E-state index in [9.17, 15) is 4.79 Å². The van der Waals surface area contributed by atoms with Crippen molar-refractivity contribution in [3.05, 3.63) is 0 Å². The molecule has 2 N–H and O–H groups in total. The highest BCUT2D eigenvalue weighted by Gasteiger charge is 2.49. The van der Waals surface area contributed by atoms with Crippen molar-refractivity contribution in [1.82, 2.24) is 10.6 Å². The second-order valence-electron chi connectivity index (χ2n) is 5.11. The van der Waals surface area contributed by atoms with Gasteiger partial charge in [0.25, 0.3) is 0 Å².